The number of thiophene rings is 4. The van der Waals surface area contributed by atoms with E-state index in [1.165, 1.54) is 33.0 Å². The Morgan fingerprint density at radius 3 is 1.42 bits per heavy atom. The first-order valence-electron chi connectivity index (χ1n) is 31.9. The molecule has 0 radical (unpaired) electrons. The van der Waals surface area contributed by atoms with Crippen molar-refractivity contribution in [3.05, 3.63) is 169 Å². The summed E-state index contributed by atoms with van der Waals surface area (Å²) in [4.78, 5) is 48.0. The molecule has 16 heteroatoms. The molecule has 0 amide bonds. The molecule has 0 spiro atoms. The lowest BCUT2D eigenvalue weighted by Crippen LogP contribution is -2.31. The van der Waals surface area contributed by atoms with Gasteiger partial charge in [0, 0.05) is 62.5 Å². The van der Waals surface area contributed by atoms with E-state index in [1.807, 2.05) is 29.5 Å². The molecule has 0 saturated heterocycles. The van der Waals surface area contributed by atoms with Crippen molar-refractivity contribution in [1.29, 1.82) is 5.26 Å². The van der Waals surface area contributed by atoms with E-state index in [9.17, 15) is 14.9 Å². The third kappa shape index (κ3) is 14.0. The fourth-order valence-electron chi connectivity index (χ4n) is 13.1. The molecule has 3 aliphatic carbocycles. The molecule has 8 nitrogen and oxygen atoms in total. The van der Waals surface area contributed by atoms with Crippen molar-refractivity contribution < 1.29 is 19.1 Å². The van der Waals surface area contributed by atoms with E-state index in [1.54, 1.807) is 52.2 Å². The summed E-state index contributed by atoms with van der Waals surface area (Å²) in [6.45, 7) is 42.7. The van der Waals surface area contributed by atoms with E-state index in [2.05, 4.69) is 88.1 Å². The van der Waals surface area contributed by atoms with Gasteiger partial charge in [-0.2, -0.15) is 9.69 Å². The van der Waals surface area contributed by atoms with Gasteiger partial charge in [-0.3, -0.25) is 9.59 Å². The first kappa shape index (κ1) is 68.6. The van der Waals surface area contributed by atoms with Crippen LogP contribution in [0, 0.1) is 48.8 Å². The van der Waals surface area contributed by atoms with E-state index in [-0.39, 0.29) is 77.0 Å². The zero-order valence-corrected chi connectivity index (χ0v) is 58.9. The number of fused-ring (bicyclic) bond motifs is 5. The van der Waals surface area contributed by atoms with Gasteiger partial charge in [-0.05, 0) is 133 Å². The van der Waals surface area contributed by atoms with Gasteiger partial charge in [-0.1, -0.05) is 185 Å². The van der Waals surface area contributed by atoms with Crippen LogP contribution in [0.5, 0.6) is 11.5 Å². The maximum atomic E-state index is 14.5. The number of hydrogen-bond acceptors (Lipinski definition) is 9. The van der Waals surface area contributed by atoms with Crippen LogP contribution >= 0.6 is 91.8 Å². The summed E-state index contributed by atoms with van der Waals surface area (Å²) in [7, 11) is 0. The van der Waals surface area contributed by atoms with Gasteiger partial charge in [0.05, 0.1) is 60.8 Å². The number of ether oxygens (including phenoxy) is 2. The summed E-state index contributed by atoms with van der Waals surface area (Å²) in [5, 5.41) is 11.2. The van der Waals surface area contributed by atoms with E-state index in [4.69, 9.17) is 75.6 Å². The van der Waals surface area contributed by atoms with Crippen molar-refractivity contribution in [3.8, 4) is 46.8 Å². The standard InChI is InChI=1S/C74H76Cl4N4O4S4/c1-12-20-24-42(16-5)38-74(39-43(17-6)25-21-13-2)54-36-63(71-61(85-41-44(18-7)26-22-14-3)30-46(87-71)29-53-66(73(81-10)82-11)49-33-57(76)59(78)35-51(49)68(53)84)89-69(54)70-55(74)37-64(90-70)72-62(86-45(19-8)27-23-15-4)31-47(88-72)28-52-65(60(40-79)80-9)48-32-56(75)58(77)34-50(48)67(52)83/h28-37,42-45H,12-27,38-39,41H2,1-8H3/b52-28-,53-29-,65-60-. The molecule has 6 aromatic rings. The Kier molecular flexibility index (Phi) is 23.5. The zero-order chi connectivity index (χ0) is 64.6. The monoisotopic (exact) mass is 1350 g/mol. The number of nitriles is 1. The highest BCUT2D eigenvalue weighted by Crippen LogP contribution is 2.65. The molecular weight excluding hydrogens is 1280 g/mol. The highest BCUT2D eigenvalue weighted by atomic mass is 35.5. The summed E-state index contributed by atoms with van der Waals surface area (Å²) in [6.07, 6.45) is 22.4. The number of benzene rings is 2. The van der Waals surface area contributed by atoms with Crippen molar-refractivity contribution in [3.63, 3.8) is 0 Å². The minimum Gasteiger partial charge on any atom is -0.492 e. The fourth-order valence-corrected chi connectivity index (χ4v) is 18.8. The minimum atomic E-state index is -0.346. The van der Waals surface area contributed by atoms with Crippen LogP contribution in [-0.2, 0) is 5.41 Å². The summed E-state index contributed by atoms with van der Waals surface area (Å²) in [5.74, 6) is 1.85. The number of allylic oxidation sites excluding steroid dienone is 5. The lowest BCUT2D eigenvalue weighted by Gasteiger charge is -2.37. The van der Waals surface area contributed by atoms with Crippen molar-refractivity contribution >= 4 is 127 Å². The van der Waals surface area contributed by atoms with Gasteiger partial charge in [0.2, 0.25) is 0 Å². The minimum absolute atomic E-state index is 0.0561. The maximum absolute atomic E-state index is 14.5. The molecule has 3 aliphatic rings. The lowest BCUT2D eigenvalue weighted by molar-refractivity contribution is 0.103. The zero-order valence-electron chi connectivity index (χ0n) is 52.6. The van der Waals surface area contributed by atoms with Crippen molar-refractivity contribution in [2.24, 2.45) is 17.8 Å². The van der Waals surface area contributed by atoms with Gasteiger partial charge in [-0.25, -0.2) is 10.1 Å². The van der Waals surface area contributed by atoms with E-state index >= 15 is 0 Å². The van der Waals surface area contributed by atoms with Crippen LogP contribution < -0.4 is 9.47 Å². The van der Waals surface area contributed by atoms with Crippen molar-refractivity contribution in [2.75, 3.05) is 6.61 Å². The number of carbonyl (C=O) groups is 2. The number of ketones is 2. The van der Waals surface area contributed by atoms with Crippen LogP contribution in [-0.4, -0.2) is 24.3 Å². The summed E-state index contributed by atoms with van der Waals surface area (Å²) in [5.41, 5.74) is 4.57. The van der Waals surface area contributed by atoms with Crippen LogP contribution in [0.1, 0.15) is 224 Å². The largest absolute Gasteiger partial charge is 0.528 e. The highest BCUT2D eigenvalue weighted by Gasteiger charge is 2.49. The number of nitrogens with zero attached hydrogens (tertiary/aromatic N) is 4. The summed E-state index contributed by atoms with van der Waals surface area (Å²) in [6, 6.07) is 17.3. The third-order valence-corrected chi connectivity index (χ3v) is 24.6. The highest BCUT2D eigenvalue weighted by molar-refractivity contribution is 7.29. The van der Waals surface area contributed by atoms with Gasteiger partial charge in [0.1, 0.15) is 24.6 Å². The van der Waals surface area contributed by atoms with Gasteiger partial charge >= 0.3 is 5.82 Å². The average Bonchev–Trinajstić information content (AvgIpc) is 1.54. The second kappa shape index (κ2) is 30.8. The Morgan fingerprint density at radius 2 is 0.978 bits per heavy atom. The smallest absolute Gasteiger partial charge is 0.492 e. The third-order valence-electron chi connectivity index (χ3n) is 18.2. The normalized spacial score (nSPS) is 17.5. The van der Waals surface area contributed by atoms with Gasteiger partial charge < -0.3 is 9.47 Å². The van der Waals surface area contributed by atoms with Crippen LogP contribution in [0.3, 0.4) is 0 Å². The van der Waals surface area contributed by atoms with Crippen LogP contribution in [0.25, 0.3) is 67.1 Å². The van der Waals surface area contributed by atoms with E-state index in [0.29, 0.717) is 46.6 Å². The molecule has 4 aromatic heterocycles. The predicted molar refractivity (Wildman–Crippen MR) is 381 cm³/mol. The topological polar surface area (TPSA) is 89.5 Å². The van der Waals surface area contributed by atoms with Crippen LogP contribution in [0.15, 0.2) is 71.2 Å². The molecule has 468 valence electrons. The number of rotatable bonds is 29. The molecule has 4 unspecified atom stereocenters. The number of Topliss-reactive ketones (excluding diaryl/α,β-unsaturated/α-hetero) is 2. The second-order valence-corrected chi connectivity index (χ2v) is 29.9. The second-order valence-electron chi connectivity index (χ2n) is 24.0. The van der Waals surface area contributed by atoms with Crippen LogP contribution in [0.4, 0.5) is 0 Å². The number of unbranched alkanes of at least 4 members (excludes halogenated alkanes) is 4. The van der Waals surface area contributed by atoms with Crippen LogP contribution in [0.2, 0.25) is 20.1 Å². The SMILES string of the molecule is [C-]#[N+]C([N+]#[C-])=C1/C(=C/c2cc(OCC(CC)CCCC)c(-c3cc4c(s3)-c3sc(-c5sc(/C=C6\C(=O)c7cc(Cl)c(Cl)cc7\C6=C(/C#N)[N+]#[C-])cc5OC(CC)CCCC)cc3C4(CC(CC)CCCC)CC(CC)CCCC)s2)C(=O)c2cc(Cl)c(Cl)cc21. The molecule has 0 fully saturated rings. The molecule has 0 saturated carbocycles. The molecule has 9 rings (SSSR count). The Hall–Kier alpha value is -5.74. The molecule has 4 heterocycles. The number of hydrogen-bond donors (Lipinski definition) is 0. The molecule has 0 aliphatic heterocycles. The molecular formula is C74H76Cl4N4O4S4. The average molecular weight is 1360 g/mol. The predicted octanol–water partition coefficient (Wildman–Crippen LogP) is 25.5. The van der Waals surface area contributed by atoms with Gasteiger partial charge in [-0.15, -0.1) is 45.3 Å². The molecule has 0 bridgehead atoms. The molecule has 4 atom stereocenters. The number of halogens is 4. The Bertz CT molecular complexity index is 3980. The van der Waals surface area contributed by atoms with E-state index < -0.39 is 0 Å². The quantitative estimate of drug-likeness (QED) is 0.0265. The van der Waals surface area contributed by atoms with Gasteiger partial charge in [0.25, 0.3) is 5.70 Å². The van der Waals surface area contributed by atoms with Gasteiger partial charge in [0.15, 0.2) is 11.6 Å². The first-order chi connectivity index (χ1) is 43.5. The fraction of sp³-hybridized carbons (Fsp3) is 0.432. The first-order valence-corrected chi connectivity index (χ1v) is 36.7. The Morgan fingerprint density at radius 1 is 0.544 bits per heavy atom. The van der Waals surface area contributed by atoms with E-state index in [0.717, 1.165) is 156 Å². The Labute approximate surface area is 568 Å². The Balaban J connectivity index is 1.28. The maximum Gasteiger partial charge on any atom is 0.528 e. The lowest BCUT2D eigenvalue weighted by atomic mass is 9.65. The molecule has 0 N–H and O–H groups in total. The summed E-state index contributed by atoms with van der Waals surface area (Å²) >= 11 is 32.9. The molecule has 90 heavy (non-hydrogen) atoms. The van der Waals surface area contributed by atoms with Crippen molar-refractivity contribution in [2.45, 2.75) is 182 Å². The molecule has 2 aromatic carbocycles. The van der Waals surface area contributed by atoms with Crippen molar-refractivity contribution in [1.82, 2.24) is 0 Å². The number of carbonyl (C=O) groups excluding carboxylic acids is 2. The summed E-state index contributed by atoms with van der Waals surface area (Å²) < 4.78 is 14.2.